The second kappa shape index (κ2) is 5.38. The predicted molar refractivity (Wildman–Crippen MR) is 64.6 cm³/mol. The third-order valence-corrected chi connectivity index (χ3v) is 2.93. The van der Waals surface area contributed by atoms with Gasteiger partial charge in [-0.15, -0.1) is 11.6 Å². The van der Waals surface area contributed by atoms with Crippen LogP contribution in [0.3, 0.4) is 0 Å². The van der Waals surface area contributed by atoms with Crippen molar-refractivity contribution in [1.82, 2.24) is 5.32 Å². The minimum Gasteiger partial charge on any atom is -0.497 e. The van der Waals surface area contributed by atoms with E-state index in [1.807, 2.05) is 12.1 Å². The van der Waals surface area contributed by atoms with Crippen molar-refractivity contribution in [3.63, 3.8) is 0 Å². The third kappa shape index (κ3) is 4.10. The molecule has 15 heavy (non-hydrogen) atoms. The summed E-state index contributed by atoms with van der Waals surface area (Å²) in [7, 11) is 1.67. The molecule has 0 bridgehead atoms. The lowest BCUT2D eigenvalue weighted by atomic mass is 10.1. The molecule has 1 aromatic rings. The molecule has 0 atom stereocenters. The zero-order valence-corrected chi connectivity index (χ0v) is 10.3. The van der Waals surface area contributed by atoms with E-state index in [1.165, 1.54) is 5.56 Å². The minimum absolute atomic E-state index is 0.0263. The zero-order valence-electron chi connectivity index (χ0n) is 9.51. The van der Waals surface area contributed by atoms with Crippen molar-refractivity contribution in [3.05, 3.63) is 29.8 Å². The fraction of sp³-hybridized carbons (Fsp3) is 0.500. The van der Waals surface area contributed by atoms with Gasteiger partial charge in [0, 0.05) is 18.0 Å². The van der Waals surface area contributed by atoms with E-state index in [0.29, 0.717) is 5.88 Å². The summed E-state index contributed by atoms with van der Waals surface area (Å²) in [6.07, 6.45) is 0. The van der Waals surface area contributed by atoms with E-state index in [2.05, 4.69) is 31.3 Å². The van der Waals surface area contributed by atoms with Crippen molar-refractivity contribution in [2.75, 3.05) is 13.0 Å². The molecule has 0 fully saturated rings. The van der Waals surface area contributed by atoms with Crippen LogP contribution in [0.5, 0.6) is 5.75 Å². The van der Waals surface area contributed by atoms with Gasteiger partial charge in [0.1, 0.15) is 5.75 Å². The lowest BCUT2D eigenvalue weighted by molar-refractivity contribution is 0.413. The molecule has 3 heteroatoms. The molecule has 0 aliphatic rings. The summed E-state index contributed by atoms with van der Waals surface area (Å²) in [6, 6.07) is 8.03. The first-order chi connectivity index (χ1) is 7.07. The molecular formula is C12H18ClNO. The number of halogens is 1. The molecule has 0 unspecified atom stereocenters. The van der Waals surface area contributed by atoms with Gasteiger partial charge in [0.2, 0.25) is 0 Å². The third-order valence-electron chi connectivity index (χ3n) is 2.26. The largest absolute Gasteiger partial charge is 0.497 e. The summed E-state index contributed by atoms with van der Waals surface area (Å²) in [5.41, 5.74) is 1.20. The Morgan fingerprint density at radius 3 is 2.33 bits per heavy atom. The van der Waals surface area contributed by atoms with Crippen LogP contribution < -0.4 is 10.1 Å². The highest BCUT2D eigenvalue weighted by Crippen LogP contribution is 2.12. The Morgan fingerprint density at radius 2 is 1.87 bits per heavy atom. The Kier molecular flexibility index (Phi) is 4.43. The summed E-state index contributed by atoms with van der Waals surface area (Å²) in [6.45, 7) is 5.00. The summed E-state index contributed by atoms with van der Waals surface area (Å²) >= 11 is 5.82. The van der Waals surface area contributed by atoms with Crippen molar-refractivity contribution in [2.24, 2.45) is 0 Å². The van der Waals surface area contributed by atoms with Crippen molar-refractivity contribution in [1.29, 1.82) is 0 Å². The predicted octanol–water partition coefficient (Wildman–Crippen LogP) is 2.80. The molecule has 1 N–H and O–H groups in total. The van der Waals surface area contributed by atoms with Crippen molar-refractivity contribution < 1.29 is 4.74 Å². The maximum absolute atomic E-state index is 5.82. The van der Waals surface area contributed by atoms with Crippen LogP contribution in [0.25, 0.3) is 0 Å². The van der Waals surface area contributed by atoms with Gasteiger partial charge in [-0.1, -0.05) is 12.1 Å². The number of benzene rings is 1. The van der Waals surface area contributed by atoms with Gasteiger partial charge in [0.25, 0.3) is 0 Å². The second-order valence-electron chi connectivity index (χ2n) is 4.22. The number of rotatable bonds is 5. The standard InChI is InChI=1S/C12H18ClNO/c1-12(2,9-13)14-8-10-4-6-11(15-3)7-5-10/h4-7,14H,8-9H2,1-3H3. The van der Waals surface area contributed by atoms with E-state index in [0.717, 1.165) is 12.3 Å². The highest BCUT2D eigenvalue weighted by atomic mass is 35.5. The van der Waals surface area contributed by atoms with Gasteiger partial charge in [0.05, 0.1) is 7.11 Å². The number of hydrogen-bond acceptors (Lipinski definition) is 2. The van der Waals surface area contributed by atoms with E-state index >= 15 is 0 Å². The number of hydrogen-bond donors (Lipinski definition) is 1. The summed E-state index contributed by atoms with van der Waals surface area (Å²) in [5.74, 6) is 1.48. The molecule has 1 rings (SSSR count). The highest BCUT2D eigenvalue weighted by molar-refractivity contribution is 6.18. The Bertz CT molecular complexity index is 295. The van der Waals surface area contributed by atoms with Crippen LogP contribution in [-0.2, 0) is 6.54 Å². The van der Waals surface area contributed by atoms with E-state index in [-0.39, 0.29) is 5.54 Å². The van der Waals surface area contributed by atoms with Gasteiger partial charge in [-0.05, 0) is 31.5 Å². The number of methoxy groups -OCH3 is 1. The summed E-state index contributed by atoms with van der Waals surface area (Å²) in [5, 5.41) is 3.39. The lowest BCUT2D eigenvalue weighted by Crippen LogP contribution is -2.40. The first-order valence-corrected chi connectivity index (χ1v) is 5.55. The number of nitrogens with one attached hydrogen (secondary N) is 1. The van der Waals surface area contributed by atoms with Crippen molar-refractivity contribution in [2.45, 2.75) is 25.9 Å². The van der Waals surface area contributed by atoms with Crippen LogP contribution in [0.4, 0.5) is 0 Å². The molecule has 0 aliphatic heterocycles. The van der Waals surface area contributed by atoms with Crippen molar-refractivity contribution >= 4 is 11.6 Å². The first-order valence-electron chi connectivity index (χ1n) is 5.01. The average Bonchev–Trinajstić information content (AvgIpc) is 2.27. The summed E-state index contributed by atoms with van der Waals surface area (Å²) in [4.78, 5) is 0. The van der Waals surface area contributed by atoms with E-state index < -0.39 is 0 Å². The topological polar surface area (TPSA) is 21.3 Å². The van der Waals surface area contributed by atoms with Crippen LogP contribution in [0, 0.1) is 0 Å². The van der Waals surface area contributed by atoms with Crippen LogP contribution >= 0.6 is 11.6 Å². The Morgan fingerprint density at radius 1 is 1.27 bits per heavy atom. The molecule has 0 heterocycles. The Balaban J connectivity index is 2.51. The fourth-order valence-electron chi connectivity index (χ4n) is 1.13. The van der Waals surface area contributed by atoms with Crippen molar-refractivity contribution in [3.8, 4) is 5.75 Å². The Labute approximate surface area is 96.6 Å². The van der Waals surface area contributed by atoms with Gasteiger partial charge in [-0.2, -0.15) is 0 Å². The minimum atomic E-state index is -0.0263. The van der Waals surface area contributed by atoms with Crippen LogP contribution in [-0.4, -0.2) is 18.5 Å². The quantitative estimate of drug-likeness (QED) is 0.782. The van der Waals surface area contributed by atoms with Gasteiger partial charge in [0.15, 0.2) is 0 Å². The molecule has 0 aliphatic carbocycles. The molecule has 0 aromatic heterocycles. The van der Waals surface area contributed by atoms with Gasteiger partial charge in [-0.3, -0.25) is 0 Å². The Hall–Kier alpha value is -0.730. The van der Waals surface area contributed by atoms with E-state index in [9.17, 15) is 0 Å². The molecular weight excluding hydrogens is 210 g/mol. The van der Waals surface area contributed by atoms with Gasteiger partial charge >= 0.3 is 0 Å². The van der Waals surface area contributed by atoms with Crippen LogP contribution in [0.1, 0.15) is 19.4 Å². The van der Waals surface area contributed by atoms with E-state index in [1.54, 1.807) is 7.11 Å². The first kappa shape index (κ1) is 12.3. The van der Waals surface area contributed by atoms with Gasteiger partial charge in [-0.25, -0.2) is 0 Å². The monoisotopic (exact) mass is 227 g/mol. The smallest absolute Gasteiger partial charge is 0.118 e. The molecule has 0 spiro atoms. The average molecular weight is 228 g/mol. The molecule has 0 saturated heterocycles. The van der Waals surface area contributed by atoms with Gasteiger partial charge < -0.3 is 10.1 Å². The zero-order chi connectivity index (χ0) is 11.3. The second-order valence-corrected chi connectivity index (χ2v) is 4.49. The maximum Gasteiger partial charge on any atom is 0.118 e. The molecule has 84 valence electrons. The number of alkyl halides is 1. The SMILES string of the molecule is COc1ccc(CNC(C)(C)CCl)cc1. The van der Waals surface area contributed by atoms with E-state index in [4.69, 9.17) is 16.3 Å². The number of ether oxygens (including phenoxy) is 1. The normalized spacial score (nSPS) is 11.5. The molecule has 0 saturated carbocycles. The van der Waals surface area contributed by atoms with Crippen LogP contribution in [0.2, 0.25) is 0 Å². The highest BCUT2D eigenvalue weighted by Gasteiger charge is 2.14. The maximum atomic E-state index is 5.82. The molecule has 1 aromatic carbocycles. The molecule has 0 radical (unpaired) electrons. The summed E-state index contributed by atoms with van der Waals surface area (Å²) < 4.78 is 5.09. The molecule has 2 nitrogen and oxygen atoms in total. The van der Waals surface area contributed by atoms with Crippen LogP contribution in [0.15, 0.2) is 24.3 Å². The lowest BCUT2D eigenvalue weighted by Gasteiger charge is -2.23. The fourth-order valence-corrected chi connectivity index (χ4v) is 1.23. The molecule has 0 amide bonds.